The number of hydrogen-bond acceptors (Lipinski definition) is 8. The van der Waals surface area contributed by atoms with Crippen LogP contribution in [0.2, 0.25) is 0 Å². The first kappa shape index (κ1) is 22.3. The maximum absolute atomic E-state index is 11.3. The van der Waals surface area contributed by atoms with E-state index < -0.39 is 12.1 Å². The molecular weight excluding hydrogens is 322 g/mol. The minimum Gasteiger partial charge on any atom is -0.460 e. The zero-order chi connectivity index (χ0) is 18.0. The molecule has 0 fully saturated rings. The van der Waals surface area contributed by atoms with E-state index in [0.29, 0.717) is 38.6 Å². The van der Waals surface area contributed by atoms with E-state index in [1.807, 2.05) is 0 Å². The summed E-state index contributed by atoms with van der Waals surface area (Å²) in [5.41, 5.74) is 0.302. The van der Waals surface area contributed by atoms with Crippen molar-refractivity contribution in [1.29, 1.82) is 0 Å². The number of nitrogens with one attached hydrogen (secondary N) is 1. The highest BCUT2D eigenvalue weighted by Crippen LogP contribution is 1.90. The highest BCUT2D eigenvalue weighted by molar-refractivity contribution is 5.86. The maximum atomic E-state index is 11.3. The van der Waals surface area contributed by atoms with Gasteiger partial charge in [-0.3, -0.25) is 0 Å². The van der Waals surface area contributed by atoms with Crippen LogP contribution in [0.5, 0.6) is 0 Å². The normalized spacial score (nSPS) is 10.2. The van der Waals surface area contributed by atoms with Crippen molar-refractivity contribution < 1.29 is 38.4 Å². The van der Waals surface area contributed by atoms with Gasteiger partial charge in [-0.05, 0) is 6.92 Å². The van der Waals surface area contributed by atoms with Crippen molar-refractivity contribution in [2.24, 2.45) is 0 Å². The molecule has 0 unspecified atom stereocenters. The van der Waals surface area contributed by atoms with Crippen molar-refractivity contribution in [1.82, 2.24) is 5.32 Å². The lowest BCUT2D eigenvalue weighted by molar-refractivity contribution is -0.138. The van der Waals surface area contributed by atoms with E-state index in [1.54, 1.807) is 6.92 Å². The fourth-order valence-electron chi connectivity index (χ4n) is 1.27. The van der Waals surface area contributed by atoms with Crippen molar-refractivity contribution in [3.05, 3.63) is 12.2 Å². The second kappa shape index (κ2) is 16.2. The number of ether oxygens (including phenoxy) is 5. The van der Waals surface area contributed by atoms with Gasteiger partial charge in [-0.25, -0.2) is 9.59 Å². The van der Waals surface area contributed by atoms with Crippen LogP contribution in [0.15, 0.2) is 12.2 Å². The number of carbonyl (C=O) groups excluding carboxylic acids is 2. The standard InChI is InChI=1S/C15H27NO8/c1-13(2)14(18)23-5-3-16-15(19)24-12-11-22-10-9-21-8-7-20-6-4-17/h17H,1,3-12H2,2H3,(H,16,19). The summed E-state index contributed by atoms with van der Waals surface area (Å²) in [6, 6.07) is 0. The van der Waals surface area contributed by atoms with Gasteiger partial charge < -0.3 is 34.1 Å². The molecule has 0 rings (SSSR count). The molecule has 0 aliphatic carbocycles. The van der Waals surface area contributed by atoms with Crippen LogP contribution in [-0.2, 0) is 28.5 Å². The van der Waals surface area contributed by atoms with Crippen molar-refractivity contribution >= 4 is 12.1 Å². The molecule has 0 saturated heterocycles. The lowest BCUT2D eigenvalue weighted by Crippen LogP contribution is -2.29. The van der Waals surface area contributed by atoms with Gasteiger partial charge in [0.05, 0.1) is 52.8 Å². The minimum atomic E-state index is -0.609. The summed E-state index contributed by atoms with van der Waals surface area (Å²) in [6.45, 7) is 7.48. The zero-order valence-electron chi connectivity index (χ0n) is 14.1. The first-order valence-electron chi connectivity index (χ1n) is 7.65. The highest BCUT2D eigenvalue weighted by atomic mass is 16.6. The molecule has 0 aliphatic rings. The quantitative estimate of drug-likeness (QED) is 0.239. The Labute approximate surface area is 141 Å². The van der Waals surface area contributed by atoms with Crippen molar-refractivity contribution in [2.75, 3.05) is 66.0 Å². The van der Waals surface area contributed by atoms with Gasteiger partial charge >= 0.3 is 12.1 Å². The van der Waals surface area contributed by atoms with Crippen LogP contribution in [-0.4, -0.2) is 83.2 Å². The average Bonchev–Trinajstić information content (AvgIpc) is 2.56. The number of rotatable bonds is 15. The number of hydrogen-bond donors (Lipinski definition) is 2. The third-order valence-corrected chi connectivity index (χ3v) is 2.39. The molecule has 0 radical (unpaired) electrons. The minimum absolute atomic E-state index is 0.00364. The van der Waals surface area contributed by atoms with Crippen LogP contribution in [0.25, 0.3) is 0 Å². The fraction of sp³-hybridized carbons (Fsp3) is 0.733. The largest absolute Gasteiger partial charge is 0.460 e. The third kappa shape index (κ3) is 15.2. The van der Waals surface area contributed by atoms with Crippen molar-refractivity contribution in [2.45, 2.75) is 6.92 Å². The van der Waals surface area contributed by atoms with Gasteiger partial charge in [0.15, 0.2) is 0 Å². The Kier molecular flexibility index (Phi) is 15.1. The molecule has 0 heterocycles. The Morgan fingerprint density at radius 2 is 1.42 bits per heavy atom. The molecule has 24 heavy (non-hydrogen) atoms. The smallest absolute Gasteiger partial charge is 0.407 e. The molecule has 0 aromatic heterocycles. The summed E-state index contributed by atoms with van der Waals surface area (Å²) in [5, 5.41) is 10.9. The number of amides is 1. The fourth-order valence-corrected chi connectivity index (χ4v) is 1.27. The summed E-state index contributed by atoms with van der Waals surface area (Å²) in [5.74, 6) is -0.499. The van der Waals surface area contributed by atoms with Crippen LogP contribution in [0.1, 0.15) is 6.92 Å². The summed E-state index contributed by atoms with van der Waals surface area (Å²) in [7, 11) is 0. The summed E-state index contributed by atoms with van der Waals surface area (Å²) < 4.78 is 25.1. The first-order chi connectivity index (χ1) is 11.6. The van der Waals surface area contributed by atoms with Crippen molar-refractivity contribution in [3.63, 3.8) is 0 Å². The summed E-state index contributed by atoms with van der Waals surface area (Å²) in [4.78, 5) is 22.3. The second-order valence-electron chi connectivity index (χ2n) is 4.54. The Morgan fingerprint density at radius 1 is 0.875 bits per heavy atom. The van der Waals surface area contributed by atoms with E-state index >= 15 is 0 Å². The molecule has 9 nitrogen and oxygen atoms in total. The number of esters is 1. The first-order valence-corrected chi connectivity index (χ1v) is 7.65. The van der Waals surface area contributed by atoms with E-state index in [-0.39, 0.29) is 33.0 Å². The van der Waals surface area contributed by atoms with Gasteiger partial charge in [0.25, 0.3) is 0 Å². The van der Waals surface area contributed by atoms with Crippen LogP contribution in [0.4, 0.5) is 4.79 Å². The van der Waals surface area contributed by atoms with Crippen molar-refractivity contribution in [3.8, 4) is 0 Å². The predicted octanol–water partition coefficient (Wildman–Crippen LogP) is -0.126. The molecule has 9 heteroatoms. The highest BCUT2D eigenvalue weighted by Gasteiger charge is 2.04. The van der Waals surface area contributed by atoms with Gasteiger partial charge in [-0.1, -0.05) is 6.58 Å². The summed E-state index contributed by atoms with van der Waals surface area (Å²) >= 11 is 0. The SMILES string of the molecule is C=C(C)C(=O)OCCNC(=O)OCCOCCOCCOCCO. The van der Waals surface area contributed by atoms with Gasteiger partial charge in [-0.15, -0.1) is 0 Å². The molecule has 0 aromatic carbocycles. The molecular formula is C15H27NO8. The Hall–Kier alpha value is -1.68. The molecule has 0 spiro atoms. The predicted molar refractivity (Wildman–Crippen MR) is 84.7 cm³/mol. The van der Waals surface area contributed by atoms with E-state index in [4.69, 9.17) is 28.8 Å². The topological polar surface area (TPSA) is 113 Å². The molecule has 0 atom stereocenters. The van der Waals surface area contributed by atoms with Crippen LogP contribution < -0.4 is 5.32 Å². The van der Waals surface area contributed by atoms with Gasteiger partial charge in [-0.2, -0.15) is 0 Å². The lowest BCUT2D eigenvalue weighted by atomic mass is 10.4. The number of carbonyl (C=O) groups is 2. The van der Waals surface area contributed by atoms with Crippen LogP contribution in [0.3, 0.4) is 0 Å². The van der Waals surface area contributed by atoms with E-state index in [2.05, 4.69) is 11.9 Å². The monoisotopic (exact) mass is 349 g/mol. The van der Waals surface area contributed by atoms with E-state index in [9.17, 15) is 9.59 Å². The zero-order valence-corrected chi connectivity index (χ0v) is 14.1. The second-order valence-corrected chi connectivity index (χ2v) is 4.54. The maximum Gasteiger partial charge on any atom is 0.407 e. The molecule has 0 saturated carbocycles. The van der Waals surface area contributed by atoms with E-state index in [0.717, 1.165) is 0 Å². The number of alkyl carbamates (subject to hydrolysis) is 1. The average molecular weight is 349 g/mol. The summed E-state index contributed by atoms with van der Waals surface area (Å²) in [6.07, 6.45) is -0.609. The van der Waals surface area contributed by atoms with Gasteiger partial charge in [0, 0.05) is 5.57 Å². The Morgan fingerprint density at radius 3 is 1.96 bits per heavy atom. The third-order valence-electron chi connectivity index (χ3n) is 2.39. The lowest BCUT2D eigenvalue weighted by Gasteiger charge is -2.08. The number of aliphatic hydroxyl groups excluding tert-OH is 1. The van der Waals surface area contributed by atoms with Crippen LogP contribution >= 0.6 is 0 Å². The Balaban J connectivity index is 3.26. The van der Waals surface area contributed by atoms with Gasteiger partial charge in [0.1, 0.15) is 13.2 Å². The molecule has 2 N–H and O–H groups in total. The Bertz CT molecular complexity index is 361. The molecule has 1 amide bonds. The van der Waals surface area contributed by atoms with E-state index in [1.165, 1.54) is 0 Å². The molecule has 0 aliphatic heterocycles. The molecule has 0 bridgehead atoms. The molecule has 140 valence electrons. The van der Waals surface area contributed by atoms with Crippen LogP contribution in [0, 0.1) is 0 Å². The molecule has 0 aromatic rings. The number of aliphatic hydroxyl groups is 1. The van der Waals surface area contributed by atoms with Gasteiger partial charge in [0.2, 0.25) is 0 Å².